The van der Waals surface area contributed by atoms with Crippen LogP contribution in [0.5, 0.6) is 0 Å². The first kappa shape index (κ1) is 21.7. The molecule has 1 fully saturated rings. The average molecular weight is 337 g/mol. The van der Waals surface area contributed by atoms with E-state index in [1.807, 2.05) is 0 Å². The summed E-state index contributed by atoms with van der Waals surface area (Å²) < 4.78 is 48.4. The van der Waals surface area contributed by atoms with Crippen LogP contribution in [0.15, 0.2) is 0 Å². The molecular weight excluding hydrogens is 317 g/mol. The SMILES string of the molecule is CC(C)(C)OC(=O)N1[C@@H](C(O)[B-](F)(F)F)COC1(C)C.[K+]. The van der Waals surface area contributed by atoms with Crippen LogP contribution in [0.1, 0.15) is 34.6 Å². The first-order valence-corrected chi connectivity index (χ1v) is 6.30. The van der Waals surface area contributed by atoms with Gasteiger partial charge in [0.2, 0.25) is 0 Å². The molecule has 5 nitrogen and oxygen atoms in total. The summed E-state index contributed by atoms with van der Waals surface area (Å²) in [6.45, 7) is 1.82. The molecule has 0 bridgehead atoms. The van der Waals surface area contributed by atoms with Crippen molar-refractivity contribution in [1.29, 1.82) is 0 Å². The molecule has 1 rings (SSSR count). The molecule has 0 radical (unpaired) electrons. The summed E-state index contributed by atoms with van der Waals surface area (Å²) in [5, 5.41) is 9.41. The Labute approximate surface area is 165 Å². The van der Waals surface area contributed by atoms with Crippen molar-refractivity contribution in [2.75, 3.05) is 6.61 Å². The number of ether oxygens (including phenoxy) is 2. The molecule has 0 aromatic carbocycles. The van der Waals surface area contributed by atoms with Crippen molar-refractivity contribution in [3.05, 3.63) is 0 Å². The van der Waals surface area contributed by atoms with Crippen molar-refractivity contribution in [2.45, 2.75) is 58.0 Å². The molecule has 21 heavy (non-hydrogen) atoms. The summed E-state index contributed by atoms with van der Waals surface area (Å²) in [6, 6.07) is -4.12. The maximum atomic E-state index is 12.7. The third-order valence-electron chi connectivity index (χ3n) is 2.89. The molecule has 1 amide bonds. The molecule has 0 saturated carbocycles. The van der Waals surface area contributed by atoms with Crippen molar-refractivity contribution >= 4 is 13.1 Å². The Morgan fingerprint density at radius 1 is 1.43 bits per heavy atom. The Kier molecular flexibility index (Phi) is 7.29. The minimum Gasteiger partial charge on any atom is -0.447 e. The molecular formula is C11H20BF3KNO4. The van der Waals surface area contributed by atoms with Crippen LogP contribution >= 0.6 is 0 Å². The summed E-state index contributed by atoms with van der Waals surface area (Å²) in [4.78, 5) is 12.9. The molecule has 1 saturated heterocycles. The zero-order valence-corrected chi connectivity index (χ0v) is 16.3. The molecule has 1 aliphatic rings. The van der Waals surface area contributed by atoms with E-state index in [9.17, 15) is 22.8 Å². The van der Waals surface area contributed by atoms with Crippen molar-refractivity contribution in [2.24, 2.45) is 0 Å². The van der Waals surface area contributed by atoms with Gasteiger partial charge in [0.15, 0.2) is 0 Å². The molecule has 1 unspecified atom stereocenters. The normalized spacial score (nSPS) is 23.5. The maximum Gasteiger partial charge on any atom is 1.00 e. The predicted octanol–water partition coefficient (Wildman–Crippen LogP) is -0.890. The van der Waals surface area contributed by atoms with Gasteiger partial charge in [-0.15, -0.1) is 0 Å². The molecule has 0 aromatic rings. The van der Waals surface area contributed by atoms with Crippen LogP contribution in [0.2, 0.25) is 0 Å². The van der Waals surface area contributed by atoms with Gasteiger partial charge in [0, 0.05) is 6.00 Å². The van der Waals surface area contributed by atoms with E-state index in [2.05, 4.69) is 0 Å². The molecule has 1 heterocycles. The second-order valence-electron chi connectivity index (χ2n) is 6.29. The first-order chi connectivity index (χ1) is 8.76. The van der Waals surface area contributed by atoms with Gasteiger partial charge in [-0.2, -0.15) is 0 Å². The van der Waals surface area contributed by atoms with E-state index in [1.165, 1.54) is 13.8 Å². The van der Waals surface area contributed by atoms with Gasteiger partial charge in [0.05, 0.1) is 12.6 Å². The Morgan fingerprint density at radius 2 is 1.90 bits per heavy atom. The van der Waals surface area contributed by atoms with Crippen LogP contribution in [0.25, 0.3) is 0 Å². The Morgan fingerprint density at radius 3 is 2.29 bits per heavy atom. The van der Waals surface area contributed by atoms with Crippen LogP contribution in [0.4, 0.5) is 17.7 Å². The second kappa shape index (κ2) is 7.06. The van der Waals surface area contributed by atoms with Crippen LogP contribution in [0, 0.1) is 0 Å². The van der Waals surface area contributed by atoms with E-state index in [0.29, 0.717) is 0 Å². The Balaban J connectivity index is 0.00000400. The van der Waals surface area contributed by atoms with Crippen molar-refractivity contribution in [1.82, 2.24) is 4.90 Å². The van der Waals surface area contributed by atoms with Crippen LogP contribution < -0.4 is 51.4 Å². The minimum absolute atomic E-state index is 0. The summed E-state index contributed by atoms with van der Waals surface area (Å²) in [7, 11) is 0. The molecule has 0 aromatic heterocycles. The third-order valence-corrected chi connectivity index (χ3v) is 2.89. The zero-order chi connectivity index (χ0) is 15.9. The Bertz CT molecular complexity index is 387. The molecule has 0 aliphatic carbocycles. The monoisotopic (exact) mass is 337 g/mol. The van der Waals surface area contributed by atoms with Gasteiger partial charge < -0.3 is 27.5 Å². The van der Waals surface area contributed by atoms with E-state index in [0.717, 1.165) is 4.90 Å². The van der Waals surface area contributed by atoms with Gasteiger partial charge >= 0.3 is 64.5 Å². The largest absolute Gasteiger partial charge is 1.00 e. The van der Waals surface area contributed by atoms with Gasteiger partial charge in [-0.3, -0.25) is 4.90 Å². The number of amides is 1. The molecule has 10 heteroatoms. The number of hydrogen-bond donors (Lipinski definition) is 1. The number of hydrogen-bond acceptors (Lipinski definition) is 4. The number of carbonyl (C=O) groups is 1. The molecule has 0 spiro atoms. The number of carbonyl (C=O) groups excluding carboxylic acids is 1. The smallest absolute Gasteiger partial charge is 0.447 e. The molecule has 1 N–H and O–H groups in total. The number of nitrogens with zero attached hydrogens (tertiary/aromatic N) is 1. The average Bonchev–Trinajstić information content (AvgIpc) is 2.48. The quantitative estimate of drug-likeness (QED) is 0.665. The second-order valence-corrected chi connectivity index (χ2v) is 6.29. The van der Waals surface area contributed by atoms with E-state index in [4.69, 9.17) is 9.47 Å². The zero-order valence-electron chi connectivity index (χ0n) is 13.2. The van der Waals surface area contributed by atoms with Gasteiger partial charge in [-0.25, -0.2) is 4.79 Å². The van der Waals surface area contributed by atoms with Crippen LogP contribution in [-0.2, 0) is 9.47 Å². The van der Waals surface area contributed by atoms with E-state index >= 15 is 0 Å². The van der Waals surface area contributed by atoms with Gasteiger partial charge in [0.1, 0.15) is 11.3 Å². The number of rotatable bonds is 2. The summed E-state index contributed by atoms with van der Waals surface area (Å²) >= 11 is 0. The van der Waals surface area contributed by atoms with Crippen LogP contribution in [0.3, 0.4) is 0 Å². The van der Waals surface area contributed by atoms with Crippen molar-refractivity contribution in [3.8, 4) is 0 Å². The number of aliphatic hydroxyl groups excluding tert-OH is 1. The molecule has 1 aliphatic heterocycles. The molecule has 118 valence electrons. The van der Waals surface area contributed by atoms with Gasteiger partial charge in [-0.1, -0.05) is 0 Å². The van der Waals surface area contributed by atoms with Crippen molar-refractivity contribution < 1.29 is 83.7 Å². The predicted molar refractivity (Wildman–Crippen MR) is 67.0 cm³/mol. The van der Waals surface area contributed by atoms with Gasteiger partial charge in [0.25, 0.3) is 0 Å². The third kappa shape index (κ3) is 5.67. The number of halogens is 3. The number of aliphatic hydroxyl groups is 1. The fourth-order valence-electron chi connectivity index (χ4n) is 2.00. The summed E-state index contributed by atoms with van der Waals surface area (Å²) in [5.41, 5.74) is -2.12. The maximum absolute atomic E-state index is 12.7. The van der Waals surface area contributed by atoms with E-state index in [1.54, 1.807) is 20.8 Å². The molecule has 2 atom stereocenters. The topological polar surface area (TPSA) is 59.0 Å². The fourth-order valence-corrected chi connectivity index (χ4v) is 2.00. The van der Waals surface area contributed by atoms with E-state index in [-0.39, 0.29) is 51.4 Å². The fraction of sp³-hybridized carbons (Fsp3) is 0.909. The van der Waals surface area contributed by atoms with E-state index < -0.39 is 43.0 Å². The Hall–Kier alpha value is 0.681. The standard InChI is InChI=1S/C11H20BF3NO4.K/c1-10(2,3)20-9(18)16-7(6-19-11(16,4)5)8(17)12(13,14)15;/h7-8,17H,6H2,1-5H3;/q-1;+1/t7-,8?;/m1./s1. The summed E-state index contributed by atoms with van der Waals surface area (Å²) in [6.07, 6.45) is -0.941. The minimum atomic E-state index is -5.50. The van der Waals surface area contributed by atoms with Crippen molar-refractivity contribution in [3.63, 3.8) is 0 Å². The first-order valence-electron chi connectivity index (χ1n) is 6.30. The van der Waals surface area contributed by atoms with Gasteiger partial charge in [-0.05, 0) is 34.6 Å². The van der Waals surface area contributed by atoms with Crippen LogP contribution in [-0.4, -0.2) is 53.1 Å². The summed E-state index contributed by atoms with van der Waals surface area (Å²) in [5.74, 6) is 0.